The van der Waals surface area contributed by atoms with Gasteiger partial charge in [-0.05, 0) is 32.8 Å². The van der Waals surface area contributed by atoms with Crippen LogP contribution in [-0.2, 0) is 14.3 Å². The van der Waals surface area contributed by atoms with Crippen molar-refractivity contribution >= 4 is 11.8 Å². The monoisotopic (exact) mass is 292 g/mol. The van der Waals surface area contributed by atoms with Crippen molar-refractivity contribution in [3.8, 4) is 0 Å². The Hall–Kier alpha value is -2.04. The first-order valence-corrected chi connectivity index (χ1v) is 7.39. The summed E-state index contributed by atoms with van der Waals surface area (Å²) >= 11 is 0. The molecule has 1 rings (SSSR count). The lowest BCUT2D eigenvalue weighted by Gasteiger charge is -2.12. The Balaban J connectivity index is 1.96. The molecule has 0 saturated carbocycles. The molecule has 1 heterocycles. The first-order valence-electron chi connectivity index (χ1n) is 7.39. The maximum absolute atomic E-state index is 11.3. The van der Waals surface area contributed by atoms with E-state index in [1.54, 1.807) is 0 Å². The van der Waals surface area contributed by atoms with E-state index in [1.165, 1.54) is 17.1 Å². The summed E-state index contributed by atoms with van der Waals surface area (Å²) in [5.41, 5.74) is 0. The van der Waals surface area contributed by atoms with Crippen LogP contribution in [-0.4, -0.2) is 36.4 Å². The van der Waals surface area contributed by atoms with E-state index in [1.807, 2.05) is 13.0 Å². The SMILES string of the molecule is C=C(NCC=CCCCCCN1C(=O)C=CC1=O)OCC. The van der Waals surface area contributed by atoms with Gasteiger partial charge < -0.3 is 10.1 Å². The van der Waals surface area contributed by atoms with E-state index in [2.05, 4.69) is 18.0 Å². The van der Waals surface area contributed by atoms with Crippen molar-refractivity contribution in [2.45, 2.75) is 32.6 Å². The summed E-state index contributed by atoms with van der Waals surface area (Å²) in [5, 5.41) is 3.04. The maximum Gasteiger partial charge on any atom is 0.253 e. The third-order valence-electron chi connectivity index (χ3n) is 3.06. The molecule has 0 saturated heterocycles. The summed E-state index contributed by atoms with van der Waals surface area (Å²) in [7, 11) is 0. The van der Waals surface area contributed by atoms with Crippen LogP contribution in [0.4, 0.5) is 0 Å². The highest BCUT2D eigenvalue weighted by molar-refractivity contribution is 6.12. The van der Waals surface area contributed by atoms with Crippen molar-refractivity contribution in [1.29, 1.82) is 0 Å². The van der Waals surface area contributed by atoms with Crippen LogP contribution in [0.2, 0.25) is 0 Å². The molecule has 0 radical (unpaired) electrons. The highest BCUT2D eigenvalue weighted by Gasteiger charge is 2.21. The highest BCUT2D eigenvalue weighted by atomic mass is 16.5. The van der Waals surface area contributed by atoms with Gasteiger partial charge in [-0.25, -0.2) is 0 Å². The van der Waals surface area contributed by atoms with Gasteiger partial charge in [0, 0.05) is 25.2 Å². The van der Waals surface area contributed by atoms with Crippen molar-refractivity contribution in [3.63, 3.8) is 0 Å². The van der Waals surface area contributed by atoms with Crippen LogP contribution in [0, 0.1) is 0 Å². The van der Waals surface area contributed by atoms with Gasteiger partial charge in [-0.1, -0.05) is 18.6 Å². The Morgan fingerprint density at radius 2 is 1.95 bits per heavy atom. The van der Waals surface area contributed by atoms with E-state index in [9.17, 15) is 9.59 Å². The highest BCUT2D eigenvalue weighted by Crippen LogP contribution is 2.07. The first-order chi connectivity index (χ1) is 10.1. The minimum absolute atomic E-state index is 0.194. The molecule has 0 bridgehead atoms. The van der Waals surface area contributed by atoms with E-state index >= 15 is 0 Å². The summed E-state index contributed by atoms with van der Waals surface area (Å²) in [4.78, 5) is 23.9. The normalized spacial score (nSPS) is 14.2. The first kappa shape index (κ1) is 17.0. The van der Waals surface area contributed by atoms with Gasteiger partial charge in [0.2, 0.25) is 0 Å². The van der Waals surface area contributed by atoms with Crippen molar-refractivity contribution in [3.05, 3.63) is 36.8 Å². The molecule has 1 aliphatic heterocycles. The standard InChI is InChI=1S/C16H24N2O3/c1-3-21-14(2)17-12-8-6-4-5-7-9-13-18-15(19)10-11-16(18)20/h6,8,10-11,17H,2-5,7,9,12-13H2,1H3. The number of hydrogen-bond acceptors (Lipinski definition) is 4. The lowest BCUT2D eigenvalue weighted by Crippen LogP contribution is -2.30. The predicted molar refractivity (Wildman–Crippen MR) is 82.2 cm³/mol. The number of carbonyl (C=O) groups is 2. The van der Waals surface area contributed by atoms with Crippen molar-refractivity contribution in [2.75, 3.05) is 19.7 Å². The molecular weight excluding hydrogens is 268 g/mol. The zero-order valence-corrected chi connectivity index (χ0v) is 12.6. The third kappa shape index (κ3) is 6.79. The average molecular weight is 292 g/mol. The molecule has 0 atom stereocenters. The van der Waals surface area contributed by atoms with Crippen LogP contribution in [0.15, 0.2) is 36.8 Å². The quantitative estimate of drug-likeness (QED) is 0.274. The molecule has 0 aromatic rings. The van der Waals surface area contributed by atoms with Gasteiger partial charge in [0.25, 0.3) is 11.8 Å². The number of imide groups is 1. The Labute approximate surface area is 126 Å². The minimum atomic E-state index is -0.194. The van der Waals surface area contributed by atoms with E-state index in [0.29, 0.717) is 25.6 Å². The van der Waals surface area contributed by atoms with Crippen molar-refractivity contribution < 1.29 is 14.3 Å². The largest absolute Gasteiger partial charge is 0.480 e. The van der Waals surface area contributed by atoms with Gasteiger partial charge in [0.05, 0.1) is 6.61 Å². The topological polar surface area (TPSA) is 58.6 Å². The Morgan fingerprint density at radius 3 is 2.62 bits per heavy atom. The van der Waals surface area contributed by atoms with Gasteiger partial charge in [-0.2, -0.15) is 0 Å². The number of nitrogens with one attached hydrogen (secondary N) is 1. The molecule has 5 nitrogen and oxygen atoms in total. The maximum atomic E-state index is 11.3. The van der Waals surface area contributed by atoms with Gasteiger partial charge in [0.15, 0.2) is 5.88 Å². The molecule has 1 N–H and O–H groups in total. The predicted octanol–water partition coefficient (Wildman–Crippen LogP) is 2.13. The third-order valence-corrected chi connectivity index (χ3v) is 3.06. The Kier molecular flexibility index (Phi) is 7.94. The molecule has 21 heavy (non-hydrogen) atoms. The van der Waals surface area contributed by atoms with Crippen LogP contribution in [0.3, 0.4) is 0 Å². The Bertz CT molecular complexity index is 409. The smallest absolute Gasteiger partial charge is 0.253 e. The number of carbonyl (C=O) groups excluding carboxylic acids is 2. The molecule has 0 aliphatic carbocycles. The number of nitrogens with zero attached hydrogens (tertiary/aromatic N) is 1. The second-order valence-electron chi connectivity index (χ2n) is 4.72. The van der Waals surface area contributed by atoms with Crippen molar-refractivity contribution in [2.24, 2.45) is 0 Å². The number of amides is 2. The number of allylic oxidation sites excluding steroid dienone is 1. The van der Waals surface area contributed by atoms with E-state index in [4.69, 9.17) is 4.74 Å². The summed E-state index contributed by atoms with van der Waals surface area (Å²) in [6.07, 6.45) is 10.7. The molecule has 0 spiro atoms. The lowest BCUT2D eigenvalue weighted by molar-refractivity contribution is -0.136. The number of rotatable bonds is 11. The van der Waals surface area contributed by atoms with Gasteiger partial charge in [-0.3, -0.25) is 14.5 Å². The molecule has 1 aliphatic rings. The molecule has 0 aromatic heterocycles. The van der Waals surface area contributed by atoms with Gasteiger partial charge in [0.1, 0.15) is 0 Å². The van der Waals surface area contributed by atoms with Crippen LogP contribution >= 0.6 is 0 Å². The van der Waals surface area contributed by atoms with E-state index in [-0.39, 0.29) is 11.8 Å². The van der Waals surface area contributed by atoms with E-state index in [0.717, 1.165) is 25.7 Å². The molecular formula is C16H24N2O3. The van der Waals surface area contributed by atoms with Crippen molar-refractivity contribution in [1.82, 2.24) is 10.2 Å². The van der Waals surface area contributed by atoms with E-state index < -0.39 is 0 Å². The second-order valence-corrected chi connectivity index (χ2v) is 4.72. The fraction of sp³-hybridized carbons (Fsp3) is 0.500. The molecule has 0 fully saturated rings. The molecule has 5 heteroatoms. The van der Waals surface area contributed by atoms with Crippen LogP contribution in [0.25, 0.3) is 0 Å². The molecule has 116 valence electrons. The minimum Gasteiger partial charge on any atom is -0.480 e. The molecule has 0 aromatic carbocycles. The summed E-state index contributed by atoms with van der Waals surface area (Å²) in [6, 6.07) is 0. The fourth-order valence-corrected chi connectivity index (χ4v) is 1.96. The number of hydrogen-bond donors (Lipinski definition) is 1. The number of ether oxygens (including phenoxy) is 1. The Morgan fingerprint density at radius 1 is 1.24 bits per heavy atom. The molecule has 0 unspecified atom stereocenters. The summed E-state index contributed by atoms with van der Waals surface area (Å²) in [6.45, 7) is 7.49. The number of unbranched alkanes of at least 4 members (excludes halogenated alkanes) is 3. The van der Waals surface area contributed by atoms with Gasteiger partial charge in [-0.15, -0.1) is 0 Å². The van der Waals surface area contributed by atoms with Crippen LogP contribution in [0.1, 0.15) is 32.6 Å². The van der Waals surface area contributed by atoms with Crippen LogP contribution in [0.5, 0.6) is 0 Å². The van der Waals surface area contributed by atoms with Crippen LogP contribution < -0.4 is 5.32 Å². The average Bonchev–Trinajstić information content (AvgIpc) is 2.77. The zero-order chi connectivity index (χ0) is 15.5. The summed E-state index contributed by atoms with van der Waals surface area (Å²) < 4.78 is 5.16. The lowest BCUT2D eigenvalue weighted by atomic mass is 10.2. The fourth-order valence-electron chi connectivity index (χ4n) is 1.96. The van der Waals surface area contributed by atoms with Gasteiger partial charge >= 0.3 is 0 Å². The zero-order valence-electron chi connectivity index (χ0n) is 12.6. The molecule has 2 amide bonds. The summed E-state index contributed by atoms with van der Waals surface area (Å²) in [5.74, 6) is 0.205. The second kappa shape index (κ2) is 9.80.